The van der Waals surface area contributed by atoms with Crippen molar-refractivity contribution in [2.45, 2.75) is 0 Å². The van der Waals surface area contributed by atoms with E-state index < -0.39 is 0 Å². The highest BCUT2D eigenvalue weighted by atomic mass is 16.5. The van der Waals surface area contributed by atoms with Crippen molar-refractivity contribution in [1.82, 2.24) is 4.98 Å². The van der Waals surface area contributed by atoms with Crippen LogP contribution in [0.15, 0.2) is 158 Å². The Kier molecular flexibility index (Phi) is 7.36. The monoisotopic (exact) mass is 571 g/mol. The molecule has 0 saturated heterocycles. The van der Waals surface area contributed by atoms with Crippen LogP contribution in [0.5, 0.6) is 23.0 Å². The molecular formula is C39H29N3O2+2. The quantitative estimate of drug-likeness (QED) is 0.171. The van der Waals surface area contributed by atoms with E-state index in [0.717, 1.165) is 62.2 Å². The Bertz CT molecular complexity index is 2080. The minimum Gasteiger partial charge on any atom is -0.457 e. The third-order valence-corrected chi connectivity index (χ3v) is 7.27. The van der Waals surface area contributed by atoms with E-state index in [9.17, 15) is 0 Å². The Morgan fingerprint density at radius 3 is 1.70 bits per heavy atom. The van der Waals surface area contributed by atoms with Crippen molar-refractivity contribution in [3.8, 4) is 56.5 Å². The molecule has 1 aliphatic rings. The van der Waals surface area contributed by atoms with Crippen LogP contribution in [0.25, 0.3) is 33.5 Å². The number of pyridine rings is 1. The second kappa shape index (κ2) is 12.1. The average Bonchev–Trinajstić information content (AvgIpc) is 3.52. The lowest BCUT2D eigenvalue weighted by Crippen LogP contribution is -1.94. The predicted octanol–water partition coefficient (Wildman–Crippen LogP) is 9.61. The molecule has 0 spiro atoms. The van der Waals surface area contributed by atoms with Gasteiger partial charge in [0, 0.05) is 17.8 Å². The topological polar surface area (TPSA) is 37.4 Å². The lowest BCUT2D eigenvalue weighted by atomic mass is 10.0. The van der Waals surface area contributed by atoms with Gasteiger partial charge in [-0.05, 0) is 76.9 Å². The molecule has 5 nitrogen and oxygen atoms in total. The number of nitrogens with zero attached hydrogens (tertiary/aromatic N) is 3. The number of ether oxygens (including phenoxy) is 2. The molecule has 44 heavy (non-hydrogen) atoms. The highest BCUT2D eigenvalue weighted by Gasteiger charge is 2.17. The van der Waals surface area contributed by atoms with Gasteiger partial charge >= 0.3 is 6.01 Å². The number of aromatic nitrogens is 1. The summed E-state index contributed by atoms with van der Waals surface area (Å²) >= 11 is 0. The van der Waals surface area contributed by atoms with Crippen LogP contribution in [0.3, 0.4) is 0 Å². The van der Waals surface area contributed by atoms with Gasteiger partial charge in [0.2, 0.25) is 11.9 Å². The van der Waals surface area contributed by atoms with Gasteiger partial charge in [0.05, 0.1) is 11.8 Å². The van der Waals surface area contributed by atoms with Gasteiger partial charge in [-0.15, -0.1) is 0 Å². The second-order valence-electron chi connectivity index (χ2n) is 10.5. The summed E-state index contributed by atoms with van der Waals surface area (Å²) in [6.45, 7) is 0. The highest BCUT2D eigenvalue weighted by molar-refractivity contribution is 5.72. The standard InChI is InChI=1S/C39H29N3O2/c1-41-21-22-42(28-41)34-14-8-18-38(27-34)44-37-17-7-13-33(25-37)39-26-32(19-20-40-39)31-12-6-16-36(24-31)43-35-15-5-11-30(23-35)29-9-3-2-4-10-29/h2-27H,1H3/q+2. The molecule has 210 valence electrons. The van der Waals surface area contributed by atoms with Crippen molar-refractivity contribution in [3.05, 3.63) is 158 Å². The molecule has 0 N–H and O–H groups in total. The fraction of sp³-hybridized carbons (Fsp3) is 0.0256. The van der Waals surface area contributed by atoms with Crippen LogP contribution in [0, 0.1) is 0 Å². The van der Waals surface area contributed by atoms with E-state index in [-0.39, 0.29) is 0 Å². The van der Waals surface area contributed by atoms with Gasteiger partial charge in [-0.25, -0.2) is 0 Å². The molecule has 1 aromatic heterocycles. The first-order chi connectivity index (χ1) is 21.7. The first-order valence-electron chi connectivity index (χ1n) is 14.4. The number of rotatable bonds is 8. The van der Waals surface area contributed by atoms with Crippen molar-refractivity contribution in [1.29, 1.82) is 0 Å². The van der Waals surface area contributed by atoms with E-state index in [0.29, 0.717) is 0 Å². The van der Waals surface area contributed by atoms with Crippen molar-refractivity contribution >= 4 is 11.7 Å². The molecule has 0 radical (unpaired) electrons. The highest BCUT2D eigenvalue weighted by Crippen LogP contribution is 2.33. The molecule has 5 aromatic carbocycles. The molecule has 7 rings (SSSR count). The van der Waals surface area contributed by atoms with E-state index in [1.165, 1.54) is 0 Å². The van der Waals surface area contributed by atoms with Gasteiger partial charge in [0.25, 0.3) is 6.20 Å². The SMILES string of the molecule is C[N+]1=C=[N+](c2cccc(Oc3cccc(-c4cc(-c5cccc(Oc6cccc(-c7ccccc7)c6)c5)ccn4)c3)c2)C=C1. The van der Waals surface area contributed by atoms with Crippen molar-refractivity contribution in [2.24, 2.45) is 0 Å². The van der Waals surface area contributed by atoms with Gasteiger partial charge in [-0.1, -0.05) is 81.9 Å². The van der Waals surface area contributed by atoms with Crippen LogP contribution in [-0.2, 0) is 0 Å². The maximum atomic E-state index is 6.29. The summed E-state index contributed by atoms with van der Waals surface area (Å²) < 4.78 is 16.4. The fourth-order valence-corrected chi connectivity index (χ4v) is 5.11. The van der Waals surface area contributed by atoms with E-state index >= 15 is 0 Å². The van der Waals surface area contributed by atoms with Gasteiger partial charge in [-0.2, -0.15) is 0 Å². The molecule has 6 aromatic rings. The summed E-state index contributed by atoms with van der Waals surface area (Å²) in [5, 5.41) is 0. The third kappa shape index (κ3) is 6.09. The number of benzene rings is 5. The van der Waals surface area contributed by atoms with Gasteiger partial charge in [0.15, 0.2) is 7.05 Å². The van der Waals surface area contributed by atoms with Gasteiger partial charge in [-0.3, -0.25) is 4.98 Å². The Balaban J connectivity index is 1.10. The van der Waals surface area contributed by atoms with Crippen molar-refractivity contribution < 1.29 is 18.6 Å². The maximum absolute atomic E-state index is 6.29. The second-order valence-corrected chi connectivity index (χ2v) is 10.5. The maximum Gasteiger partial charge on any atom is 0.495 e. The van der Waals surface area contributed by atoms with Crippen LogP contribution < -0.4 is 9.47 Å². The Morgan fingerprint density at radius 2 is 1.05 bits per heavy atom. The number of hydrogen-bond acceptors (Lipinski definition) is 3. The lowest BCUT2D eigenvalue weighted by molar-refractivity contribution is -0.429. The predicted molar refractivity (Wildman–Crippen MR) is 174 cm³/mol. The van der Waals surface area contributed by atoms with E-state index in [4.69, 9.17) is 9.47 Å². The minimum absolute atomic E-state index is 0.738. The van der Waals surface area contributed by atoms with Crippen molar-refractivity contribution in [2.75, 3.05) is 7.05 Å². The average molecular weight is 572 g/mol. The largest absolute Gasteiger partial charge is 0.495 e. The van der Waals surface area contributed by atoms with E-state index in [2.05, 4.69) is 53.5 Å². The molecule has 2 heterocycles. The van der Waals surface area contributed by atoms with Gasteiger partial charge < -0.3 is 9.47 Å². The van der Waals surface area contributed by atoms with Crippen LogP contribution >= 0.6 is 0 Å². The number of hydrogen-bond donors (Lipinski definition) is 0. The Labute approximate surface area is 256 Å². The summed E-state index contributed by atoms with van der Waals surface area (Å²) in [4.78, 5) is 4.67. The zero-order valence-corrected chi connectivity index (χ0v) is 24.2. The summed E-state index contributed by atoms with van der Waals surface area (Å²) in [6.07, 6.45) is 5.75. The normalized spacial score (nSPS) is 12.0. The summed E-state index contributed by atoms with van der Waals surface area (Å²) in [5.74, 6) is 3.05. The molecule has 0 bridgehead atoms. The minimum atomic E-state index is 0.738. The molecule has 1 aliphatic heterocycles. The van der Waals surface area contributed by atoms with Crippen LogP contribution in [-0.4, -0.2) is 27.2 Å². The zero-order chi connectivity index (χ0) is 29.7. The van der Waals surface area contributed by atoms with Crippen LogP contribution in [0.1, 0.15) is 0 Å². The molecule has 0 amide bonds. The van der Waals surface area contributed by atoms with Gasteiger partial charge in [0.1, 0.15) is 23.0 Å². The zero-order valence-electron chi connectivity index (χ0n) is 24.2. The molecule has 0 atom stereocenters. The fourth-order valence-electron chi connectivity index (χ4n) is 5.11. The van der Waals surface area contributed by atoms with E-state index in [1.807, 2.05) is 132 Å². The Morgan fingerprint density at radius 1 is 0.500 bits per heavy atom. The molecular weight excluding hydrogens is 542 g/mol. The summed E-state index contributed by atoms with van der Waals surface area (Å²) in [7, 11) is 1.95. The molecule has 0 aliphatic carbocycles. The molecule has 5 heteroatoms. The summed E-state index contributed by atoms with van der Waals surface area (Å²) in [5.41, 5.74) is 7.17. The molecule has 0 fully saturated rings. The first-order valence-corrected chi connectivity index (χ1v) is 14.4. The molecule has 0 saturated carbocycles. The van der Waals surface area contributed by atoms with Crippen LogP contribution in [0.4, 0.5) is 5.69 Å². The lowest BCUT2D eigenvalue weighted by Gasteiger charge is -2.11. The van der Waals surface area contributed by atoms with E-state index in [1.54, 1.807) is 0 Å². The summed E-state index contributed by atoms with van der Waals surface area (Å²) in [6, 6.07) is 49.9. The van der Waals surface area contributed by atoms with Crippen LogP contribution in [0.2, 0.25) is 0 Å². The van der Waals surface area contributed by atoms with Crippen molar-refractivity contribution in [3.63, 3.8) is 0 Å². The smallest absolute Gasteiger partial charge is 0.457 e. The Hall–Kier alpha value is -6.03. The first kappa shape index (κ1) is 26.8. The molecule has 0 unspecified atom stereocenters. The third-order valence-electron chi connectivity index (χ3n) is 7.27.